The minimum absolute atomic E-state index is 0.0971. The Morgan fingerprint density at radius 3 is 2.44 bits per heavy atom. The molecule has 0 aromatic heterocycles. The molecule has 2 amide bonds. The second-order valence-electron chi connectivity index (χ2n) is 5.73. The fourth-order valence-electron chi connectivity index (χ4n) is 2.09. The quantitative estimate of drug-likeness (QED) is 0.747. The van der Waals surface area contributed by atoms with Crippen LogP contribution >= 0.6 is 23.4 Å². The summed E-state index contributed by atoms with van der Waals surface area (Å²) in [6.07, 6.45) is 0.856. The Balaban J connectivity index is 2.28. The molecule has 2 aromatic rings. The van der Waals surface area contributed by atoms with Gasteiger partial charge in [-0.25, -0.2) is 0 Å². The number of rotatable bonds is 6. The Morgan fingerprint density at radius 1 is 1.16 bits per heavy atom. The Morgan fingerprint density at radius 2 is 1.84 bits per heavy atom. The molecule has 2 N–H and O–H groups in total. The van der Waals surface area contributed by atoms with Crippen LogP contribution in [0.5, 0.6) is 0 Å². The average molecular weight is 377 g/mol. The fraction of sp³-hybridized carbons (Fsp3) is 0.263. The van der Waals surface area contributed by atoms with Gasteiger partial charge in [-0.2, -0.15) is 0 Å². The van der Waals surface area contributed by atoms with E-state index in [9.17, 15) is 9.59 Å². The van der Waals surface area contributed by atoms with Crippen molar-refractivity contribution in [2.45, 2.75) is 43.0 Å². The SMILES string of the molecule is CC[C@H](C)NC(=O)c1ccc(Sc2ccc(Cl)cc2)c(NC(C)=O)c1. The highest BCUT2D eigenvalue weighted by Gasteiger charge is 2.13. The molecule has 1 atom stereocenters. The van der Waals surface area contributed by atoms with E-state index in [4.69, 9.17) is 11.6 Å². The third-order valence-corrected chi connectivity index (χ3v) is 4.92. The number of amides is 2. The lowest BCUT2D eigenvalue weighted by Gasteiger charge is -2.14. The maximum Gasteiger partial charge on any atom is 0.251 e. The molecule has 2 aromatic carbocycles. The van der Waals surface area contributed by atoms with Crippen molar-refractivity contribution in [3.05, 3.63) is 53.1 Å². The smallest absolute Gasteiger partial charge is 0.251 e. The van der Waals surface area contributed by atoms with Crippen LogP contribution < -0.4 is 10.6 Å². The molecule has 2 rings (SSSR count). The van der Waals surface area contributed by atoms with Gasteiger partial charge >= 0.3 is 0 Å². The highest BCUT2D eigenvalue weighted by molar-refractivity contribution is 7.99. The van der Waals surface area contributed by atoms with E-state index < -0.39 is 0 Å². The van der Waals surface area contributed by atoms with Crippen molar-refractivity contribution >= 4 is 40.9 Å². The van der Waals surface area contributed by atoms with E-state index in [1.165, 1.54) is 18.7 Å². The minimum atomic E-state index is -0.183. The molecule has 0 aliphatic rings. The topological polar surface area (TPSA) is 58.2 Å². The van der Waals surface area contributed by atoms with Gasteiger partial charge in [0.25, 0.3) is 5.91 Å². The van der Waals surface area contributed by atoms with E-state index >= 15 is 0 Å². The van der Waals surface area contributed by atoms with Crippen LogP contribution in [0.2, 0.25) is 5.02 Å². The molecular weight excluding hydrogens is 356 g/mol. The summed E-state index contributed by atoms with van der Waals surface area (Å²) in [5.41, 5.74) is 1.13. The molecule has 0 fully saturated rings. The average Bonchev–Trinajstić information content (AvgIpc) is 2.57. The molecule has 25 heavy (non-hydrogen) atoms. The van der Waals surface area contributed by atoms with Crippen molar-refractivity contribution in [2.24, 2.45) is 0 Å². The summed E-state index contributed by atoms with van der Waals surface area (Å²) in [4.78, 5) is 25.7. The molecule has 4 nitrogen and oxygen atoms in total. The van der Waals surface area contributed by atoms with Crippen molar-refractivity contribution < 1.29 is 9.59 Å². The van der Waals surface area contributed by atoms with Gasteiger partial charge in [-0.3, -0.25) is 9.59 Å². The van der Waals surface area contributed by atoms with E-state index in [1.807, 2.05) is 44.2 Å². The first kappa shape index (κ1) is 19.3. The van der Waals surface area contributed by atoms with Crippen LogP contribution in [0.4, 0.5) is 5.69 Å². The van der Waals surface area contributed by atoms with Crippen LogP contribution in [0.3, 0.4) is 0 Å². The number of halogens is 1. The maximum absolute atomic E-state index is 12.3. The van der Waals surface area contributed by atoms with Crippen molar-refractivity contribution in [1.29, 1.82) is 0 Å². The number of nitrogens with one attached hydrogen (secondary N) is 2. The fourth-order valence-corrected chi connectivity index (χ4v) is 3.09. The summed E-state index contributed by atoms with van der Waals surface area (Å²) in [6.45, 7) is 5.42. The van der Waals surface area contributed by atoms with E-state index in [-0.39, 0.29) is 17.9 Å². The van der Waals surface area contributed by atoms with Gasteiger partial charge in [0.05, 0.1) is 5.69 Å². The second kappa shape index (κ2) is 8.92. The molecule has 0 aliphatic heterocycles. The van der Waals surface area contributed by atoms with Crippen LogP contribution in [0, 0.1) is 0 Å². The third kappa shape index (κ3) is 5.80. The number of hydrogen-bond acceptors (Lipinski definition) is 3. The molecule has 0 radical (unpaired) electrons. The normalized spacial score (nSPS) is 11.7. The third-order valence-electron chi connectivity index (χ3n) is 3.58. The molecule has 0 saturated carbocycles. The second-order valence-corrected chi connectivity index (χ2v) is 7.28. The summed E-state index contributed by atoms with van der Waals surface area (Å²) in [5.74, 6) is -0.332. The Kier molecular flexibility index (Phi) is 6.91. The van der Waals surface area contributed by atoms with Crippen LogP contribution in [0.15, 0.2) is 52.3 Å². The van der Waals surface area contributed by atoms with Gasteiger partial charge in [-0.15, -0.1) is 0 Å². The summed E-state index contributed by atoms with van der Waals surface area (Å²) >= 11 is 7.41. The lowest BCUT2D eigenvalue weighted by atomic mass is 10.1. The van der Waals surface area contributed by atoms with Crippen molar-refractivity contribution in [3.63, 3.8) is 0 Å². The predicted molar refractivity (Wildman–Crippen MR) is 104 cm³/mol. The number of carbonyl (C=O) groups is 2. The van der Waals surface area contributed by atoms with Gasteiger partial charge in [-0.1, -0.05) is 30.3 Å². The number of anilines is 1. The standard InChI is InChI=1S/C19H21ClN2O2S/c1-4-12(2)21-19(24)14-5-10-18(17(11-14)22-13(3)23)25-16-8-6-15(20)7-9-16/h5-12H,4H2,1-3H3,(H,21,24)(H,22,23)/t12-/m0/s1. The molecule has 0 bridgehead atoms. The summed E-state index contributed by atoms with van der Waals surface area (Å²) < 4.78 is 0. The molecule has 0 saturated heterocycles. The van der Waals surface area contributed by atoms with E-state index in [0.29, 0.717) is 16.3 Å². The van der Waals surface area contributed by atoms with Crippen molar-refractivity contribution in [1.82, 2.24) is 5.32 Å². The summed E-state index contributed by atoms with van der Waals surface area (Å²) in [5, 5.41) is 6.40. The Hall–Kier alpha value is -1.98. The van der Waals surface area contributed by atoms with Gasteiger partial charge in [0.15, 0.2) is 0 Å². The van der Waals surface area contributed by atoms with Crippen molar-refractivity contribution in [2.75, 3.05) is 5.32 Å². The largest absolute Gasteiger partial charge is 0.350 e. The minimum Gasteiger partial charge on any atom is -0.350 e. The number of hydrogen-bond donors (Lipinski definition) is 2. The lowest BCUT2D eigenvalue weighted by Crippen LogP contribution is -2.31. The first-order chi connectivity index (χ1) is 11.9. The Labute approximate surface area is 157 Å². The molecule has 6 heteroatoms. The van der Waals surface area contributed by atoms with Gasteiger partial charge < -0.3 is 10.6 Å². The molecule has 0 unspecified atom stereocenters. The monoisotopic (exact) mass is 376 g/mol. The molecule has 0 heterocycles. The molecule has 0 spiro atoms. The maximum atomic E-state index is 12.3. The number of carbonyl (C=O) groups excluding carboxylic acids is 2. The van der Waals surface area contributed by atoms with Gasteiger partial charge in [0.1, 0.15) is 0 Å². The molecule has 0 aliphatic carbocycles. The van der Waals surface area contributed by atoms with Gasteiger partial charge in [-0.05, 0) is 55.8 Å². The van der Waals surface area contributed by atoms with Crippen LogP contribution in [0.25, 0.3) is 0 Å². The first-order valence-electron chi connectivity index (χ1n) is 8.05. The van der Waals surface area contributed by atoms with Gasteiger partial charge in [0.2, 0.25) is 5.91 Å². The lowest BCUT2D eigenvalue weighted by molar-refractivity contribution is -0.114. The summed E-state index contributed by atoms with van der Waals surface area (Å²) in [6, 6.07) is 12.9. The Bertz CT molecular complexity index is 763. The van der Waals surface area contributed by atoms with E-state index in [0.717, 1.165) is 16.2 Å². The summed E-state index contributed by atoms with van der Waals surface area (Å²) in [7, 11) is 0. The van der Waals surface area contributed by atoms with Crippen LogP contribution in [-0.2, 0) is 4.79 Å². The zero-order valence-electron chi connectivity index (χ0n) is 14.4. The van der Waals surface area contributed by atoms with Crippen molar-refractivity contribution in [3.8, 4) is 0 Å². The number of benzene rings is 2. The highest BCUT2D eigenvalue weighted by Crippen LogP contribution is 2.34. The van der Waals surface area contributed by atoms with Gasteiger partial charge in [0, 0.05) is 33.3 Å². The van der Waals surface area contributed by atoms with Crippen LogP contribution in [0.1, 0.15) is 37.6 Å². The molecule has 132 valence electrons. The highest BCUT2D eigenvalue weighted by atomic mass is 35.5. The zero-order valence-corrected chi connectivity index (χ0v) is 16.0. The first-order valence-corrected chi connectivity index (χ1v) is 9.24. The van der Waals surface area contributed by atoms with Crippen LogP contribution in [-0.4, -0.2) is 17.9 Å². The van der Waals surface area contributed by atoms with E-state index in [1.54, 1.807) is 12.1 Å². The zero-order chi connectivity index (χ0) is 18.4. The van der Waals surface area contributed by atoms with E-state index in [2.05, 4.69) is 10.6 Å². The molecular formula is C19H21ClN2O2S. The predicted octanol–water partition coefficient (Wildman–Crippen LogP) is 4.98.